The lowest BCUT2D eigenvalue weighted by Gasteiger charge is -2.41. The number of anilines is 1. The van der Waals surface area contributed by atoms with Gasteiger partial charge in [0.1, 0.15) is 5.69 Å². The highest BCUT2D eigenvalue weighted by Crippen LogP contribution is 2.31. The van der Waals surface area contributed by atoms with E-state index in [2.05, 4.69) is 10.2 Å². The number of nitrogens with two attached hydrogens (primary N) is 1. The fourth-order valence-corrected chi connectivity index (χ4v) is 4.85. The minimum atomic E-state index is -0.964. The summed E-state index contributed by atoms with van der Waals surface area (Å²) in [5.74, 6) is 0.787. The maximum atomic E-state index is 11.1. The maximum Gasteiger partial charge on any atom is 0.155 e. The molecule has 0 amide bonds. The quantitative estimate of drug-likeness (QED) is 0.492. The molecular formula is C23H36N6O2. The van der Waals surface area contributed by atoms with Crippen molar-refractivity contribution in [2.45, 2.75) is 63.5 Å². The first-order valence-corrected chi connectivity index (χ1v) is 11.5. The summed E-state index contributed by atoms with van der Waals surface area (Å²) in [6.45, 7) is 3.43. The number of para-hydroxylation sites is 2. The van der Waals surface area contributed by atoms with Gasteiger partial charge in [0.25, 0.3) is 0 Å². The van der Waals surface area contributed by atoms with Crippen LogP contribution in [0.2, 0.25) is 0 Å². The molecule has 0 radical (unpaired) electrons. The third-order valence-corrected chi connectivity index (χ3v) is 6.92. The van der Waals surface area contributed by atoms with Gasteiger partial charge in [-0.25, -0.2) is 9.97 Å². The molecule has 5 N–H and O–H groups in total. The number of hydrogen-bond donors (Lipinski definition) is 4. The van der Waals surface area contributed by atoms with E-state index in [9.17, 15) is 10.2 Å². The highest BCUT2D eigenvalue weighted by Gasteiger charge is 2.34. The van der Waals surface area contributed by atoms with E-state index in [1.165, 1.54) is 25.7 Å². The smallest absolute Gasteiger partial charge is 0.155 e. The van der Waals surface area contributed by atoms with Crippen LogP contribution in [0, 0.1) is 5.92 Å². The van der Waals surface area contributed by atoms with Gasteiger partial charge in [-0.3, -0.25) is 4.90 Å². The topological polar surface area (TPSA) is 111 Å². The van der Waals surface area contributed by atoms with E-state index >= 15 is 0 Å². The van der Waals surface area contributed by atoms with E-state index in [-0.39, 0.29) is 18.7 Å². The second-order valence-electron chi connectivity index (χ2n) is 9.13. The van der Waals surface area contributed by atoms with Crippen LogP contribution in [-0.4, -0.2) is 70.1 Å². The summed E-state index contributed by atoms with van der Waals surface area (Å²) in [6, 6.07) is 8.59. The van der Waals surface area contributed by atoms with Crippen LogP contribution in [0.25, 0.3) is 11.0 Å². The first kappa shape index (κ1) is 22.4. The average Bonchev–Trinajstić information content (AvgIpc) is 3.30. The molecule has 4 rings (SSSR count). The highest BCUT2D eigenvalue weighted by molar-refractivity contribution is 5.76. The summed E-state index contributed by atoms with van der Waals surface area (Å²) in [5.41, 5.74) is 8.07. The van der Waals surface area contributed by atoms with Gasteiger partial charge < -0.3 is 26.2 Å². The normalized spacial score (nSPS) is 24.8. The molecule has 2 heterocycles. The lowest BCUT2D eigenvalue weighted by molar-refractivity contribution is -0.00486. The molecule has 1 aliphatic heterocycles. The zero-order chi connectivity index (χ0) is 22.0. The van der Waals surface area contributed by atoms with Crippen LogP contribution in [0.3, 0.4) is 0 Å². The summed E-state index contributed by atoms with van der Waals surface area (Å²) in [4.78, 5) is 13.5. The fraction of sp³-hybridized carbons (Fsp3) is 0.652. The molecule has 2 aliphatic rings. The summed E-state index contributed by atoms with van der Waals surface area (Å²) in [5, 5.41) is 25.0. The van der Waals surface area contributed by atoms with Gasteiger partial charge in [0.2, 0.25) is 0 Å². The van der Waals surface area contributed by atoms with Gasteiger partial charge in [0, 0.05) is 37.7 Å². The Bertz CT molecular complexity index is 872. The Balaban J connectivity index is 1.62. The van der Waals surface area contributed by atoms with Crippen molar-refractivity contribution in [1.29, 1.82) is 0 Å². The molecule has 1 saturated heterocycles. The number of aromatic nitrogens is 2. The van der Waals surface area contributed by atoms with Gasteiger partial charge in [0.15, 0.2) is 12.0 Å². The third kappa shape index (κ3) is 4.83. The van der Waals surface area contributed by atoms with E-state index in [1.54, 1.807) is 11.9 Å². The van der Waals surface area contributed by atoms with Crippen molar-refractivity contribution < 1.29 is 10.2 Å². The van der Waals surface area contributed by atoms with Crippen molar-refractivity contribution in [2.75, 3.05) is 31.6 Å². The average molecular weight is 429 g/mol. The number of aliphatic hydroxyl groups is 2. The molecule has 4 unspecified atom stereocenters. The number of aliphatic hydroxyl groups excluding tert-OH is 2. The van der Waals surface area contributed by atoms with E-state index in [0.717, 1.165) is 24.0 Å². The van der Waals surface area contributed by atoms with E-state index in [0.29, 0.717) is 30.1 Å². The maximum absolute atomic E-state index is 11.1. The van der Waals surface area contributed by atoms with Crippen LogP contribution >= 0.6 is 0 Å². The monoisotopic (exact) mass is 428 g/mol. The predicted octanol–water partition coefficient (Wildman–Crippen LogP) is 1.58. The molecule has 170 valence electrons. The Kier molecular flexibility index (Phi) is 7.03. The summed E-state index contributed by atoms with van der Waals surface area (Å²) in [7, 11) is 1.78. The van der Waals surface area contributed by atoms with Gasteiger partial charge in [-0.1, -0.05) is 25.0 Å². The van der Waals surface area contributed by atoms with Crippen molar-refractivity contribution in [2.24, 2.45) is 11.7 Å². The molecule has 4 atom stereocenters. The molecule has 1 aromatic carbocycles. The second kappa shape index (κ2) is 9.75. The Hall–Kier alpha value is -1.84. The number of nitrogens with one attached hydrogen (secondary N) is 1. The number of benzene rings is 1. The molecule has 1 aliphatic carbocycles. The van der Waals surface area contributed by atoms with Crippen molar-refractivity contribution >= 4 is 16.9 Å². The van der Waals surface area contributed by atoms with Crippen LogP contribution in [0.1, 0.15) is 50.9 Å². The van der Waals surface area contributed by atoms with Crippen molar-refractivity contribution in [1.82, 2.24) is 20.2 Å². The van der Waals surface area contributed by atoms with Gasteiger partial charge in [-0.05, 0) is 45.4 Å². The minimum Gasteiger partial charge on any atom is -0.396 e. The Morgan fingerprint density at radius 1 is 1.19 bits per heavy atom. The zero-order valence-electron chi connectivity index (χ0n) is 18.6. The lowest BCUT2D eigenvalue weighted by atomic mass is 9.91. The van der Waals surface area contributed by atoms with Gasteiger partial charge >= 0.3 is 0 Å². The number of rotatable bonds is 7. The van der Waals surface area contributed by atoms with E-state index in [4.69, 9.17) is 15.7 Å². The van der Waals surface area contributed by atoms with Crippen LogP contribution in [0.15, 0.2) is 24.3 Å². The molecule has 2 fully saturated rings. The number of piperidine rings is 1. The molecule has 8 nitrogen and oxygen atoms in total. The largest absolute Gasteiger partial charge is 0.396 e. The summed E-state index contributed by atoms with van der Waals surface area (Å²) < 4.78 is 0. The summed E-state index contributed by atoms with van der Waals surface area (Å²) >= 11 is 0. The predicted molar refractivity (Wildman–Crippen MR) is 122 cm³/mol. The SMILES string of the molecule is CC(N)N(C)C(O)c1nc2ccccc2nc1N1CCC(NC2CCCC2)C(CO)C1. The first-order valence-electron chi connectivity index (χ1n) is 11.5. The standard InChI is InChI=1S/C23H36N6O2/c1-15(24)28(2)23(31)21-22(27-20-10-6-5-9-19(20)26-21)29-12-11-18(16(13-29)14-30)25-17-7-3-4-8-17/h5-6,9-10,15-18,23,25,30-31H,3-4,7-8,11-14,24H2,1-2H3. The number of nitrogens with zero attached hydrogens (tertiary/aromatic N) is 4. The molecule has 8 heteroatoms. The van der Waals surface area contributed by atoms with Gasteiger partial charge in [-0.15, -0.1) is 0 Å². The third-order valence-electron chi connectivity index (χ3n) is 6.92. The molecule has 0 spiro atoms. The summed E-state index contributed by atoms with van der Waals surface area (Å²) in [6.07, 6.45) is 4.68. The minimum absolute atomic E-state index is 0.110. The molecule has 2 aromatic rings. The first-order chi connectivity index (χ1) is 15.0. The number of hydrogen-bond acceptors (Lipinski definition) is 8. The van der Waals surface area contributed by atoms with Crippen molar-refractivity contribution in [3.8, 4) is 0 Å². The van der Waals surface area contributed by atoms with Gasteiger partial charge in [0.05, 0.1) is 17.2 Å². The van der Waals surface area contributed by atoms with Crippen molar-refractivity contribution in [3.63, 3.8) is 0 Å². The molecule has 1 aromatic heterocycles. The second-order valence-corrected chi connectivity index (χ2v) is 9.13. The van der Waals surface area contributed by atoms with E-state index in [1.807, 2.05) is 31.2 Å². The molecule has 31 heavy (non-hydrogen) atoms. The van der Waals surface area contributed by atoms with Crippen LogP contribution < -0.4 is 16.0 Å². The van der Waals surface area contributed by atoms with Gasteiger partial charge in [-0.2, -0.15) is 0 Å². The zero-order valence-corrected chi connectivity index (χ0v) is 18.6. The molecular weight excluding hydrogens is 392 g/mol. The molecule has 0 bridgehead atoms. The fourth-order valence-electron chi connectivity index (χ4n) is 4.85. The Labute approximate surface area is 184 Å². The van der Waals surface area contributed by atoms with Crippen LogP contribution in [-0.2, 0) is 0 Å². The lowest BCUT2D eigenvalue weighted by Crippen LogP contribution is -2.53. The van der Waals surface area contributed by atoms with Crippen LogP contribution in [0.5, 0.6) is 0 Å². The van der Waals surface area contributed by atoms with Crippen LogP contribution in [0.4, 0.5) is 5.82 Å². The van der Waals surface area contributed by atoms with E-state index < -0.39 is 6.23 Å². The molecule has 1 saturated carbocycles. The highest BCUT2D eigenvalue weighted by atomic mass is 16.3. The number of fused-ring (bicyclic) bond motifs is 1. The Morgan fingerprint density at radius 3 is 2.52 bits per heavy atom. The van der Waals surface area contributed by atoms with Crippen molar-refractivity contribution in [3.05, 3.63) is 30.0 Å². The Morgan fingerprint density at radius 2 is 1.87 bits per heavy atom.